The fourth-order valence-corrected chi connectivity index (χ4v) is 1.62. The van der Waals surface area contributed by atoms with Crippen molar-refractivity contribution < 1.29 is 4.79 Å². The topological polar surface area (TPSA) is 119 Å². The van der Waals surface area contributed by atoms with E-state index in [9.17, 15) is 4.79 Å². The molecule has 1 rings (SSSR count). The molecule has 0 saturated carbocycles. The van der Waals surface area contributed by atoms with Gasteiger partial charge < -0.3 is 16.5 Å². The first-order valence-electron chi connectivity index (χ1n) is 5.74. The standard InChI is InChI=1S/C11H20N6O/c1-5(2)8(9(12)18)16-10-6(3)11(17-13)15-7(4)14-10/h5,8H,13H2,1-4H3,(H2,12,18)(H2,14,15,16,17). The van der Waals surface area contributed by atoms with Crippen molar-refractivity contribution in [3.05, 3.63) is 11.4 Å². The maximum absolute atomic E-state index is 11.4. The van der Waals surface area contributed by atoms with Crippen molar-refractivity contribution in [3.8, 4) is 0 Å². The number of hydrogen-bond acceptors (Lipinski definition) is 6. The zero-order valence-corrected chi connectivity index (χ0v) is 11.1. The molecule has 100 valence electrons. The highest BCUT2D eigenvalue weighted by atomic mass is 16.1. The highest BCUT2D eigenvalue weighted by Crippen LogP contribution is 2.20. The fraction of sp³-hybridized carbons (Fsp3) is 0.545. The molecule has 0 bridgehead atoms. The summed E-state index contributed by atoms with van der Waals surface area (Å²) in [6, 6.07) is -0.483. The number of anilines is 2. The lowest BCUT2D eigenvalue weighted by molar-refractivity contribution is -0.119. The number of carbonyl (C=O) groups excluding carboxylic acids is 1. The summed E-state index contributed by atoms with van der Waals surface area (Å²) in [4.78, 5) is 19.8. The van der Waals surface area contributed by atoms with Gasteiger partial charge in [-0.3, -0.25) is 4.79 Å². The third-order valence-corrected chi connectivity index (χ3v) is 2.66. The predicted molar refractivity (Wildman–Crippen MR) is 70.8 cm³/mol. The van der Waals surface area contributed by atoms with Crippen molar-refractivity contribution >= 4 is 17.5 Å². The van der Waals surface area contributed by atoms with Crippen LogP contribution in [0.15, 0.2) is 0 Å². The second-order valence-electron chi connectivity index (χ2n) is 4.51. The summed E-state index contributed by atoms with van der Waals surface area (Å²) < 4.78 is 0. The lowest BCUT2D eigenvalue weighted by atomic mass is 10.0. The second-order valence-corrected chi connectivity index (χ2v) is 4.51. The van der Waals surface area contributed by atoms with Gasteiger partial charge >= 0.3 is 0 Å². The Hall–Kier alpha value is -1.89. The average molecular weight is 252 g/mol. The molecule has 0 spiro atoms. The molecule has 1 amide bonds. The lowest BCUT2D eigenvalue weighted by Crippen LogP contribution is -2.40. The number of amides is 1. The molecule has 1 aromatic rings. The molecule has 0 radical (unpaired) electrons. The van der Waals surface area contributed by atoms with E-state index in [1.807, 2.05) is 20.8 Å². The Labute approximate surface area is 106 Å². The van der Waals surface area contributed by atoms with Gasteiger partial charge in [0.1, 0.15) is 23.5 Å². The van der Waals surface area contributed by atoms with E-state index >= 15 is 0 Å². The number of primary amides is 1. The maximum Gasteiger partial charge on any atom is 0.240 e. The summed E-state index contributed by atoms with van der Waals surface area (Å²) in [7, 11) is 0. The number of nitrogen functional groups attached to an aromatic ring is 1. The lowest BCUT2D eigenvalue weighted by Gasteiger charge is -2.21. The van der Waals surface area contributed by atoms with Crippen LogP contribution in [-0.2, 0) is 4.79 Å². The zero-order chi connectivity index (χ0) is 13.9. The Morgan fingerprint density at radius 3 is 2.22 bits per heavy atom. The number of nitrogens with one attached hydrogen (secondary N) is 2. The van der Waals surface area contributed by atoms with Gasteiger partial charge in [0.2, 0.25) is 5.91 Å². The Bertz CT molecular complexity index is 445. The van der Waals surface area contributed by atoms with E-state index in [0.717, 1.165) is 5.56 Å². The van der Waals surface area contributed by atoms with Crippen LogP contribution < -0.4 is 22.3 Å². The van der Waals surface area contributed by atoms with E-state index in [2.05, 4.69) is 20.7 Å². The number of hydrazine groups is 1. The summed E-state index contributed by atoms with van der Waals surface area (Å²) in [5, 5.41) is 3.04. The van der Waals surface area contributed by atoms with Crippen molar-refractivity contribution in [3.63, 3.8) is 0 Å². The molecule has 0 aromatic carbocycles. The SMILES string of the molecule is Cc1nc(NN)c(C)c(NC(C(N)=O)C(C)C)n1. The van der Waals surface area contributed by atoms with Gasteiger partial charge in [-0.15, -0.1) is 0 Å². The Balaban J connectivity index is 3.10. The molecule has 0 aliphatic carbocycles. The minimum atomic E-state index is -0.483. The molecule has 1 heterocycles. The van der Waals surface area contributed by atoms with E-state index in [4.69, 9.17) is 11.6 Å². The smallest absolute Gasteiger partial charge is 0.240 e. The molecule has 0 aliphatic heterocycles. The highest BCUT2D eigenvalue weighted by Gasteiger charge is 2.21. The van der Waals surface area contributed by atoms with Gasteiger partial charge in [-0.1, -0.05) is 13.8 Å². The summed E-state index contributed by atoms with van der Waals surface area (Å²) >= 11 is 0. The quantitative estimate of drug-likeness (QED) is 0.442. The number of carbonyl (C=O) groups is 1. The van der Waals surface area contributed by atoms with Crippen LogP contribution >= 0.6 is 0 Å². The highest BCUT2D eigenvalue weighted by molar-refractivity contribution is 5.83. The minimum Gasteiger partial charge on any atom is -0.368 e. The number of aryl methyl sites for hydroxylation is 1. The molecular formula is C11H20N6O. The predicted octanol–water partition coefficient (Wildman–Crippen LogP) is 0.301. The molecule has 0 fully saturated rings. The van der Waals surface area contributed by atoms with Crippen molar-refractivity contribution in [1.29, 1.82) is 0 Å². The van der Waals surface area contributed by atoms with Crippen LogP contribution in [0.4, 0.5) is 11.6 Å². The van der Waals surface area contributed by atoms with Gasteiger partial charge in [-0.05, 0) is 19.8 Å². The monoisotopic (exact) mass is 252 g/mol. The van der Waals surface area contributed by atoms with Gasteiger partial charge in [-0.2, -0.15) is 0 Å². The van der Waals surface area contributed by atoms with Crippen LogP contribution in [0.25, 0.3) is 0 Å². The maximum atomic E-state index is 11.4. The summed E-state index contributed by atoms with van der Waals surface area (Å²) in [6.07, 6.45) is 0. The van der Waals surface area contributed by atoms with E-state index in [1.165, 1.54) is 0 Å². The van der Waals surface area contributed by atoms with Crippen LogP contribution in [0, 0.1) is 19.8 Å². The van der Waals surface area contributed by atoms with E-state index in [1.54, 1.807) is 6.92 Å². The molecule has 1 unspecified atom stereocenters. The molecule has 7 nitrogen and oxygen atoms in total. The van der Waals surface area contributed by atoms with Crippen molar-refractivity contribution in [2.24, 2.45) is 17.5 Å². The van der Waals surface area contributed by atoms with Crippen LogP contribution in [0.3, 0.4) is 0 Å². The van der Waals surface area contributed by atoms with E-state index in [-0.39, 0.29) is 5.92 Å². The summed E-state index contributed by atoms with van der Waals surface area (Å²) in [5.41, 5.74) is 8.61. The Morgan fingerprint density at radius 2 is 1.78 bits per heavy atom. The van der Waals surface area contributed by atoms with Crippen molar-refractivity contribution in [2.45, 2.75) is 33.7 Å². The molecule has 0 saturated heterocycles. The third kappa shape index (κ3) is 3.07. The summed E-state index contributed by atoms with van der Waals surface area (Å²) in [6.45, 7) is 7.39. The Morgan fingerprint density at radius 1 is 1.22 bits per heavy atom. The molecule has 7 heteroatoms. The van der Waals surface area contributed by atoms with Crippen LogP contribution in [-0.4, -0.2) is 21.9 Å². The second kappa shape index (κ2) is 5.63. The van der Waals surface area contributed by atoms with Gasteiger partial charge in [0, 0.05) is 5.56 Å². The Kier molecular flexibility index (Phi) is 4.43. The summed E-state index contributed by atoms with van der Waals surface area (Å²) in [5.74, 6) is 6.67. The first-order valence-corrected chi connectivity index (χ1v) is 5.74. The van der Waals surface area contributed by atoms with Gasteiger partial charge in [0.25, 0.3) is 0 Å². The minimum absolute atomic E-state index is 0.0615. The van der Waals surface area contributed by atoms with Crippen molar-refractivity contribution in [1.82, 2.24) is 9.97 Å². The zero-order valence-electron chi connectivity index (χ0n) is 11.1. The third-order valence-electron chi connectivity index (χ3n) is 2.66. The largest absolute Gasteiger partial charge is 0.368 e. The first-order chi connectivity index (χ1) is 8.36. The molecule has 1 aromatic heterocycles. The van der Waals surface area contributed by atoms with Gasteiger partial charge in [0.05, 0.1) is 0 Å². The van der Waals surface area contributed by atoms with Crippen LogP contribution in [0.1, 0.15) is 25.2 Å². The molecule has 6 N–H and O–H groups in total. The molecule has 18 heavy (non-hydrogen) atoms. The van der Waals surface area contributed by atoms with Gasteiger partial charge in [0.15, 0.2) is 0 Å². The number of hydrogen-bond donors (Lipinski definition) is 4. The number of aromatic nitrogens is 2. The van der Waals surface area contributed by atoms with Crippen LogP contribution in [0.5, 0.6) is 0 Å². The molecule has 1 atom stereocenters. The number of nitrogens with two attached hydrogens (primary N) is 2. The molecular weight excluding hydrogens is 232 g/mol. The molecule has 0 aliphatic rings. The fourth-order valence-electron chi connectivity index (χ4n) is 1.62. The number of rotatable bonds is 5. The average Bonchev–Trinajstić information content (AvgIpc) is 2.28. The van der Waals surface area contributed by atoms with E-state index < -0.39 is 11.9 Å². The normalized spacial score (nSPS) is 12.3. The van der Waals surface area contributed by atoms with Crippen molar-refractivity contribution in [2.75, 3.05) is 10.7 Å². The van der Waals surface area contributed by atoms with Gasteiger partial charge in [-0.25, -0.2) is 15.8 Å². The first kappa shape index (κ1) is 14.2. The van der Waals surface area contributed by atoms with E-state index in [0.29, 0.717) is 17.5 Å². The number of nitrogens with zero attached hydrogens (tertiary/aromatic N) is 2. The van der Waals surface area contributed by atoms with Crippen LogP contribution in [0.2, 0.25) is 0 Å².